The van der Waals surface area contributed by atoms with E-state index < -0.39 is 0 Å². The van der Waals surface area contributed by atoms with Crippen LogP contribution in [0.15, 0.2) is 23.8 Å². The fourth-order valence-electron chi connectivity index (χ4n) is 1.52. The topological polar surface area (TPSA) is 29.1 Å². The van der Waals surface area contributed by atoms with Gasteiger partial charge in [-0.15, -0.1) is 0 Å². The first-order valence-electron chi connectivity index (χ1n) is 4.94. The number of hydrogen-bond donors (Lipinski definition) is 1. The van der Waals surface area contributed by atoms with E-state index in [0.29, 0.717) is 12.0 Å². The maximum atomic E-state index is 11.6. The lowest BCUT2D eigenvalue weighted by atomic mass is 9.95. The third-order valence-corrected chi connectivity index (χ3v) is 2.48. The molecule has 2 heteroatoms. The SMILES string of the molecule is CC1C=CC=C(C(=O)NC2CC2)C1. The van der Waals surface area contributed by atoms with E-state index in [4.69, 9.17) is 0 Å². The lowest BCUT2D eigenvalue weighted by Crippen LogP contribution is -2.28. The first-order chi connectivity index (χ1) is 6.25. The van der Waals surface area contributed by atoms with Crippen LogP contribution in [0, 0.1) is 5.92 Å². The molecule has 2 aliphatic carbocycles. The molecule has 2 rings (SSSR count). The number of carbonyl (C=O) groups excluding carboxylic acids is 1. The van der Waals surface area contributed by atoms with Crippen LogP contribution in [-0.2, 0) is 4.79 Å². The van der Waals surface area contributed by atoms with Gasteiger partial charge in [-0.1, -0.05) is 25.2 Å². The van der Waals surface area contributed by atoms with Gasteiger partial charge in [-0.05, 0) is 25.2 Å². The third kappa shape index (κ3) is 2.20. The van der Waals surface area contributed by atoms with E-state index in [-0.39, 0.29) is 5.91 Å². The van der Waals surface area contributed by atoms with Gasteiger partial charge in [0.25, 0.3) is 0 Å². The van der Waals surface area contributed by atoms with E-state index in [1.807, 2.05) is 12.2 Å². The van der Waals surface area contributed by atoms with Crippen molar-refractivity contribution in [3.8, 4) is 0 Å². The van der Waals surface area contributed by atoms with E-state index in [1.165, 1.54) is 0 Å². The van der Waals surface area contributed by atoms with Crippen LogP contribution >= 0.6 is 0 Å². The van der Waals surface area contributed by atoms with Crippen LogP contribution in [-0.4, -0.2) is 11.9 Å². The summed E-state index contributed by atoms with van der Waals surface area (Å²) >= 11 is 0. The van der Waals surface area contributed by atoms with Gasteiger partial charge in [0.05, 0.1) is 0 Å². The minimum atomic E-state index is 0.138. The molecule has 1 unspecified atom stereocenters. The van der Waals surface area contributed by atoms with Crippen LogP contribution < -0.4 is 5.32 Å². The Labute approximate surface area is 78.7 Å². The second-order valence-corrected chi connectivity index (χ2v) is 4.01. The van der Waals surface area contributed by atoms with Crippen molar-refractivity contribution in [2.24, 2.45) is 5.92 Å². The molecule has 0 aromatic carbocycles. The van der Waals surface area contributed by atoms with Gasteiger partial charge in [0.15, 0.2) is 0 Å². The summed E-state index contributed by atoms with van der Waals surface area (Å²) < 4.78 is 0. The summed E-state index contributed by atoms with van der Waals surface area (Å²) in [6, 6.07) is 0.467. The lowest BCUT2D eigenvalue weighted by molar-refractivity contribution is -0.117. The highest BCUT2D eigenvalue weighted by molar-refractivity contribution is 5.94. The van der Waals surface area contributed by atoms with Gasteiger partial charge in [0.1, 0.15) is 0 Å². The average molecular weight is 177 g/mol. The smallest absolute Gasteiger partial charge is 0.247 e. The third-order valence-electron chi connectivity index (χ3n) is 2.48. The van der Waals surface area contributed by atoms with Gasteiger partial charge in [-0.25, -0.2) is 0 Å². The summed E-state index contributed by atoms with van der Waals surface area (Å²) in [6.45, 7) is 2.13. The summed E-state index contributed by atoms with van der Waals surface area (Å²) in [5, 5.41) is 3.00. The Kier molecular flexibility index (Phi) is 2.21. The van der Waals surface area contributed by atoms with E-state index in [9.17, 15) is 4.79 Å². The van der Waals surface area contributed by atoms with Gasteiger partial charge in [-0.3, -0.25) is 4.79 Å². The second-order valence-electron chi connectivity index (χ2n) is 4.01. The highest BCUT2D eigenvalue weighted by Gasteiger charge is 2.25. The fraction of sp³-hybridized carbons (Fsp3) is 0.545. The maximum absolute atomic E-state index is 11.6. The minimum absolute atomic E-state index is 0.138. The lowest BCUT2D eigenvalue weighted by Gasteiger charge is -2.13. The predicted octanol–water partition coefficient (Wildman–Crippen LogP) is 1.79. The Balaban J connectivity index is 1.94. The first kappa shape index (κ1) is 8.54. The van der Waals surface area contributed by atoms with Crippen molar-refractivity contribution in [2.45, 2.75) is 32.2 Å². The molecule has 2 aliphatic rings. The predicted molar refractivity (Wildman–Crippen MR) is 52.2 cm³/mol. The molecule has 1 amide bonds. The molecule has 1 fully saturated rings. The molecule has 0 spiro atoms. The number of carbonyl (C=O) groups is 1. The zero-order chi connectivity index (χ0) is 9.26. The molecule has 0 radical (unpaired) electrons. The summed E-state index contributed by atoms with van der Waals surface area (Å²) in [5.74, 6) is 0.642. The van der Waals surface area contributed by atoms with Gasteiger partial charge < -0.3 is 5.32 Å². The monoisotopic (exact) mass is 177 g/mol. The second kappa shape index (κ2) is 3.36. The number of rotatable bonds is 2. The highest BCUT2D eigenvalue weighted by atomic mass is 16.1. The van der Waals surface area contributed by atoms with Crippen LogP contribution in [0.3, 0.4) is 0 Å². The molecule has 0 saturated heterocycles. The Morgan fingerprint density at radius 2 is 2.31 bits per heavy atom. The van der Waals surface area contributed by atoms with Crippen molar-refractivity contribution < 1.29 is 4.79 Å². The number of amides is 1. The van der Waals surface area contributed by atoms with Crippen molar-refractivity contribution in [3.63, 3.8) is 0 Å². The zero-order valence-corrected chi connectivity index (χ0v) is 7.92. The van der Waals surface area contributed by atoms with Crippen LogP contribution in [0.25, 0.3) is 0 Å². The van der Waals surface area contributed by atoms with Crippen LogP contribution in [0.1, 0.15) is 26.2 Å². The minimum Gasteiger partial charge on any atom is -0.350 e. The van der Waals surface area contributed by atoms with Gasteiger partial charge in [-0.2, -0.15) is 0 Å². The summed E-state index contributed by atoms with van der Waals surface area (Å²) in [7, 11) is 0. The van der Waals surface area contributed by atoms with Crippen molar-refractivity contribution in [1.82, 2.24) is 5.32 Å². The Hall–Kier alpha value is -1.05. The van der Waals surface area contributed by atoms with E-state index >= 15 is 0 Å². The van der Waals surface area contributed by atoms with Crippen molar-refractivity contribution in [3.05, 3.63) is 23.8 Å². The quantitative estimate of drug-likeness (QED) is 0.684. The maximum Gasteiger partial charge on any atom is 0.247 e. The van der Waals surface area contributed by atoms with E-state index in [0.717, 1.165) is 24.8 Å². The number of hydrogen-bond acceptors (Lipinski definition) is 1. The molecule has 0 aromatic heterocycles. The molecule has 0 aliphatic heterocycles. The Bertz CT molecular complexity index is 274. The Morgan fingerprint density at radius 3 is 2.92 bits per heavy atom. The highest BCUT2D eigenvalue weighted by Crippen LogP contribution is 2.22. The van der Waals surface area contributed by atoms with E-state index in [1.54, 1.807) is 0 Å². The molecule has 0 aromatic rings. The summed E-state index contributed by atoms with van der Waals surface area (Å²) in [4.78, 5) is 11.6. The molecule has 1 atom stereocenters. The molecule has 2 nitrogen and oxygen atoms in total. The molecule has 0 heterocycles. The fourth-order valence-corrected chi connectivity index (χ4v) is 1.52. The van der Waals surface area contributed by atoms with Crippen molar-refractivity contribution in [2.75, 3.05) is 0 Å². The molecule has 70 valence electrons. The van der Waals surface area contributed by atoms with Crippen LogP contribution in [0.5, 0.6) is 0 Å². The molecule has 1 N–H and O–H groups in total. The van der Waals surface area contributed by atoms with Crippen LogP contribution in [0.4, 0.5) is 0 Å². The zero-order valence-electron chi connectivity index (χ0n) is 7.92. The van der Waals surface area contributed by atoms with Crippen molar-refractivity contribution in [1.29, 1.82) is 0 Å². The molecule has 1 saturated carbocycles. The first-order valence-corrected chi connectivity index (χ1v) is 4.94. The largest absolute Gasteiger partial charge is 0.350 e. The Morgan fingerprint density at radius 1 is 1.54 bits per heavy atom. The van der Waals surface area contributed by atoms with Crippen molar-refractivity contribution >= 4 is 5.91 Å². The normalized spacial score (nSPS) is 26.8. The van der Waals surface area contributed by atoms with Gasteiger partial charge in [0.2, 0.25) is 5.91 Å². The number of allylic oxidation sites excluding steroid dienone is 3. The van der Waals surface area contributed by atoms with Gasteiger partial charge >= 0.3 is 0 Å². The van der Waals surface area contributed by atoms with E-state index in [2.05, 4.69) is 18.3 Å². The summed E-state index contributed by atoms with van der Waals surface area (Å²) in [5.41, 5.74) is 0.932. The molecular weight excluding hydrogens is 162 g/mol. The summed E-state index contributed by atoms with van der Waals surface area (Å²) in [6.07, 6.45) is 9.24. The molecule has 0 bridgehead atoms. The van der Waals surface area contributed by atoms with Crippen LogP contribution in [0.2, 0.25) is 0 Å². The number of nitrogens with one attached hydrogen (secondary N) is 1. The van der Waals surface area contributed by atoms with Gasteiger partial charge in [0, 0.05) is 11.6 Å². The standard InChI is InChI=1S/C11H15NO/c1-8-3-2-4-9(7-8)11(13)12-10-5-6-10/h2-4,8,10H,5-7H2,1H3,(H,12,13). The molecular formula is C11H15NO. The molecule has 13 heavy (non-hydrogen) atoms. The average Bonchev–Trinajstić information content (AvgIpc) is 2.88.